The molecular formula is C20H17N3O3S2. The lowest BCUT2D eigenvalue weighted by molar-refractivity contribution is -0.119. The van der Waals surface area contributed by atoms with Crippen LogP contribution in [0.3, 0.4) is 0 Å². The van der Waals surface area contributed by atoms with E-state index in [-0.39, 0.29) is 0 Å². The van der Waals surface area contributed by atoms with Gasteiger partial charge in [0, 0.05) is 11.5 Å². The Balaban J connectivity index is 1.57. The molecule has 6 nitrogen and oxygen atoms in total. The van der Waals surface area contributed by atoms with Crippen LogP contribution in [0.2, 0.25) is 0 Å². The molecule has 0 unspecified atom stereocenters. The molecule has 1 N–H and O–H groups in total. The number of nitriles is 1. The molecule has 0 aliphatic carbocycles. The van der Waals surface area contributed by atoms with Gasteiger partial charge in [0.15, 0.2) is 6.61 Å². The van der Waals surface area contributed by atoms with Gasteiger partial charge in [0.05, 0.1) is 23.4 Å². The van der Waals surface area contributed by atoms with Crippen molar-refractivity contribution in [2.45, 2.75) is 5.75 Å². The molecule has 0 bridgehead atoms. The Bertz CT molecular complexity index is 954. The van der Waals surface area contributed by atoms with Gasteiger partial charge in [-0.3, -0.25) is 9.79 Å². The van der Waals surface area contributed by atoms with Crippen LogP contribution in [-0.2, 0) is 15.3 Å². The number of anilines is 1. The molecule has 0 spiro atoms. The minimum Gasteiger partial charge on any atom is -0.452 e. The molecule has 0 aromatic heterocycles. The molecule has 1 aliphatic rings. The van der Waals surface area contributed by atoms with Gasteiger partial charge in [-0.05, 0) is 23.8 Å². The van der Waals surface area contributed by atoms with Crippen molar-refractivity contribution in [3.8, 4) is 6.07 Å². The van der Waals surface area contributed by atoms with Gasteiger partial charge in [-0.1, -0.05) is 53.9 Å². The number of aliphatic imine (C=N–C) groups is 1. The summed E-state index contributed by atoms with van der Waals surface area (Å²) in [5, 5.41) is 11.6. The smallest absolute Gasteiger partial charge is 0.338 e. The number of esters is 1. The number of hydrogen-bond donors (Lipinski definition) is 1. The Morgan fingerprint density at radius 2 is 2.00 bits per heavy atom. The molecule has 1 heterocycles. The standard InChI is InChI=1S/C20H17N3O3S2/c21-11-14-5-2-4-8-17(14)23-18(24)12-26-19(25)16-7-3-1-6-15(16)13-28-20-22-9-10-27-20/h1-8H,9-10,12-13H2,(H,23,24). The summed E-state index contributed by atoms with van der Waals surface area (Å²) in [7, 11) is 0. The van der Waals surface area contributed by atoms with Crippen LogP contribution in [0.4, 0.5) is 5.69 Å². The van der Waals surface area contributed by atoms with Crippen LogP contribution in [0.1, 0.15) is 21.5 Å². The second-order valence-electron chi connectivity index (χ2n) is 5.72. The van der Waals surface area contributed by atoms with E-state index in [9.17, 15) is 9.59 Å². The van der Waals surface area contributed by atoms with Gasteiger partial charge >= 0.3 is 5.97 Å². The third-order valence-electron chi connectivity index (χ3n) is 3.80. The molecule has 8 heteroatoms. The number of para-hydroxylation sites is 1. The monoisotopic (exact) mass is 411 g/mol. The number of hydrogen-bond acceptors (Lipinski definition) is 7. The van der Waals surface area contributed by atoms with E-state index in [4.69, 9.17) is 10.00 Å². The van der Waals surface area contributed by atoms with Gasteiger partial charge in [0.2, 0.25) is 0 Å². The lowest BCUT2D eigenvalue weighted by Crippen LogP contribution is -2.21. The first kappa shape index (κ1) is 20.0. The summed E-state index contributed by atoms with van der Waals surface area (Å²) in [6.07, 6.45) is 0. The average molecular weight is 412 g/mol. The average Bonchev–Trinajstić information content (AvgIpc) is 3.25. The second-order valence-corrected chi connectivity index (χ2v) is 8.03. The minimum atomic E-state index is -0.555. The number of nitrogens with zero attached hydrogens (tertiary/aromatic N) is 2. The molecule has 142 valence electrons. The Morgan fingerprint density at radius 3 is 2.79 bits per heavy atom. The fourth-order valence-electron chi connectivity index (χ4n) is 2.47. The van der Waals surface area contributed by atoms with E-state index in [2.05, 4.69) is 10.3 Å². The van der Waals surface area contributed by atoms with Gasteiger partial charge in [0.1, 0.15) is 10.4 Å². The Labute approximate surface area is 171 Å². The molecule has 0 fully saturated rings. The third-order valence-corrected chi connectivity index (χ3v) is 6.10. The van der Waals surface area contributed by atoms with E-state index in [1.54, 1.807) is 59.9 Å². The normalized spacial score (nSPS) is 12.8. The summed E-state index contributed by atoms with van der Waals surface area (Å²) < 4.78 is 6.20. The summed E-state index contributed by atoms with van der Waals surface area (Å²) in [5.41, 5.74) is 2.00. The van der Waals surface area contributed by atoms with Crippen LogP contribution in [0.15, 0.2) is 53.5 Å². The molecule has 1 aliphatic heterocycles. The van der Waals surface area contributed by atoms with E-state index in [0.717, 1.165) is 22.2 Å². The third kappa shape index (κ3) is 5.38. The van der Waals surface area contributed by atoms with Crippen molar-refractivity contribution in [3.63, 3.8) is 0 Å². The highest BCUT2D eigenvalue weighted by Crippen LogP contribution is 2.26. The highest BCUT2D eigenvalue weighted by molar-refractivity contribution is 8.38. The van der Waals surface area contributed by atoms with E-state index in [1.807, 2.05) is 18.2 Å². The zero-order chi connectivity index (χ0) is 19.8. The van der Waals surface area contributed by atoms with Crippen molar-refractivity contribution >= 4 is 45.5 Å². The van der Waals surface area contributed by atoms with Crippen molar-refractivity contribution in [1.29, 1.82) is 5.26 Å². The number of thioether (sulfide) groups is 2. The van der Waals surface area contributed by atoms with E-state index >= 15 is 0 Å². The highest BCUT2D eigenvalue weighted by atomic mass is 32.2. The molecule has 28 heavy (non-hydrogen) atoms. The number of nitrogens with one attached hydrogen (secondary N) is 1. The van der Waals surface area contributed by atoms with Crippen molar-refractivity contribution in [2.24, 2.45) is 4.99 Å². The number of carbonyl (C=O) groups is 2. The van der Waals surface area contributed by atoms with Crippen molar-refractivity contribution in [1.82, 2.24) is 0 Å². The van der Waals surface area contributed by atoms with Crippen molar-refractivity contribution < 1.29 is 14.3 Å². The summed E-state index contributed by atoms with van der Waals surface area (Å²) in [4.78, 5) is 28.9. The van der Waals surface area contributed by atoms with E-state index < -0.39 is 18.5 Å². The fourth-order valence-corrected chi connectivity index (χ4v) is 4.49. The van der Waals surface area contributed by atoms with Gasteiger partial charge in [-0.25, -0.2) is 4.79 Å². The molecule has 0 radical (unpaired) electrons. The number of amides is 1. The maximum atomic E-state index is 12.4. The Kier molecular flexibility index (Phi) is 7.12. The van der Waals surface area contributed by atoms with Gasteiger partial charge in [0.25, 0.3) is 5.91 Å². The van der Waals surface area contributed by atoms with Crippen LogP contribution in [0, 0.1) is 11.3 Å². The van der Waals surface area contributed by atoms with E-state index in [0.29, 0.717) is 22.6 Å². The summed E-state index contributed by atoms with van der Waals surface area (Å²) in [6.45, 7) is 0.406. The predicted molar refractivity (Wildman–Crippen MR) is 113 cm³/mol. The lowest BCUT2D eigenvalue weighted by Gasteiger charge is -2.10. The summed E-state index contributed by atoms with van der Waals surface area (Å²) in [5.74, 6) is 0.551. The number of carbonyl (C=O) groups excluding carboxylic acids is 2. The predicted octanol–water partition coefficient (Wildman–Crippen LogP) is 3.69. The Hall–Kier alpha value is -2.76. The zero-order valence-corrected chi connectivity index (χ0v) is 16.5. The molecular weight excluding hydrogens is 394 g/mol. The first-order valence-corrected chi connectivity index (χ1v) is 10.5. The molecule has 2 aromatic carbocycles. The molecule has 0 saturated carbocycles. The number of rotatable bonds is 6. The molecule has 0 saturated heterocycles. The maximum absolute atomic E-state index is 12.4. The summed E-state index contributed by atoms with van der Waals surface area (Å²) >= 11 is 3.31. The van der Waals surface area contributed by atoms with Crippen LogP contribution < -0.4 is 5.32 Å². The molecule has 2 aromatic rings. The van der Waals surface area contributed by atoms with Crippen LogP contribution in [-0.4, -0.2) is 35.2 Å². The SMILES string of the molecule is N#Cc1ccccc1NC(=O)COC(=O)c1ccccc1CSC1=NCCS1. The fraction of sp³-hybridized carbons (Fsp3) is 0.200. The minimum absolute atomic E-state index is 0.345. The second kappa shape index (κ2) is 9.97. The molecule has 0 atom stereocenters. The van der Waals surface area contributed by atoms with E-state index in [1.165, 1.54) is 0 Å². The summed E-state index contributed by atoms with van der Waals surface area (Å²) in [6, 6.07) is 15.8. The topological polar surface area (TPSA) is 91.5 Å². The molecule has 1 amide bonds. The zero-order valence-electron chi connectivity index (χ0n) is 14.9. The van der Waals surface area contributed by atoms with Gasteiger partial charge in [-0.2, -0.15) is 5.26 Å². The largest absolute Gasteiger partial charge is 0.452 e. The number of benzene rings is 2. The van der Waals surface area contributed by atoms with Crippen LogP contribution >= 0.6 is 23.5 Å². The van der Waals surface area contributed by atoms with Crippen molar-refractivity contribution in [2.75, 3.05) is 24.2 Å². The number of ether oxygens (including phenoxy) is 1. The quantitative estimate of drug-likeness (QED) is 0.729. The highest BCUT2D eigenvalue weighted by Gasteiger charge is 2.16. The lowest BCUT2D eigenvalue weighted by atomic mass is 10.1. The first-order chi connectivity index (χ1) is 13.7. The first-order valence-electron chi connectivity index (χ1n) is 8.51. The van der Waals surface area contributed by atoms with Crippen LogP contribution in [0.25, 0.3) is 0 Å². The Morgan fingerprint density at radius 1 is 1.21 bits per heavy atom. The van der Waals surface area contributed by atoms with Gasteiger partial charge < -0.3 is 10.1 Å². The van der Waals surface area contributed by atoms with Crippen LogP contribution in [0.5, 0.6) is 0 Å². The molecule has 3 rings (SSSR count). The van der Waals surface area contributed by atoms with Gasteiger partial charge in [-0.15, -0.1) is 0 Å². The maximum Gasteiger partial charge on any atom is 0.338 e. The van der Waals surface area contributed by atoms with Crippen molar-refractivity contribution in [3.05, 3.63) is 65.2 Å².